The summed E-state index contributed by atoms with van der Waals surface area (Å²) in [5.41, 5.74) is 5.41. The van der Waals surface area contributed by atoms with Crippen LogP contribution in [0.15, 0.2) is 24.4 Å². The number of hydrogen-bond acceptors (Lipinski definition) is 6. The molecule has 27 heavy (non-hydrogen) atoms. The zero-order valence-electron chi connectivity index (χ0n) is 15.5. The van der Waals surface area contributed by atoms with Crippen LogP contribution in [0, 0.1) is 0 Å². The van der Waals surface area contributed by atoms with Crippen LogP contribution < -0.4 is 20.7 Å². The molecule has 2 saturated heterocycles. The Morgan fingerprint density at radius 2 is 2.15 bits per heavy atom. The Balaban J connectivity index is 1.77. The molecule has 0 spiro atoms. The maximum Gasteiger partial charge on any atom is 0.407 e. The second-order valence-corrected chi connectivity index (χ2v) is 7.88. The summed E-state index contributed by atoms with van der Waals surface area (Å²) in [4.78, 5) is 29.9. The molecule has 0 bridgehead atoms. The fourth-order valence-corrected chi connectivity index (χ4v) is 3.57. The van der Waals surface area contributed by atoms with Gasteiger partial charge in [-0.25, -0.2) is 9.78 Å². The average molecular weight is 370 g/mol. The number of amides is 2. The van der Waals surface area contributed by atoms with E-state index in [1.807, 2.05) is 32.9 Å². The van der Waals surface area contributed by atoms with E-state index >= 15 is 0 Å². The first-order chi connectivity index (χ1) is 12.7. The number of primary amides is 1. The minimum absolute atomic E-state index is 0.0512. The first-order valence-electron chi connectivity index (χ1n) is 8.85. The number of benzene rings is 1. The quantitative estimate of drug-likeness (QED) is 0.853. The normalized spacial score (nSPS) is 21.7. The van der Waals surface area contributed by atoms with Crippen LogP contribution in [-0.2, 0) is 4.74 Å². The summed E-state index contributed by atoms with van der Waals surface area (Å²) in [5, 5.41) is 4.51. The van der Waals surface area contributed by atoms with Crippen LogP contribution in [0.25, 0.3) is 10.8 Å². The number of fused-ring (bicyclic) bond motifs is 2. The van der Waals surface area contributed by atoms with Crippen LogP contribution in [0.3, 0.4) is 0 Å². The molecule has 4 rings (SSSR count). The molecule has 3 heterocycles. The molecule has 3 N–H and O–H groups in total. The van der Waals surface area contributed by atoms with Gasteiger partial charge in [-0.05, 0) is 44.4 Å². The topological polar surface area (TPSA) is 107 Å². The molecular weight excluding hydrogens is 348 g/mol. The number of carbonyl (C=O) groups excluding carboxylic acids is 2. The van der Waals surface area contributed by atoms with Crippen LogP contribution in [0.1, 0.15) is 31.1 Å². The molecule has 2 fully saturated rings. The number of aromatic nitrogens is 1. The number of pyridine rings is 1. The average Bonchev–Trinajstić information content (AvgIpc) is 3.09. The number of hydrogen-bond donors (Lipinski definition) is 2. The first-order valence-corrected chi connectivity index (χ1v) is 8.85. The third-order valence-corrected chi connectivity index (χ3v) is 4.65. The molecule has 2 atom stereocenters. The molecule has 2 unspecified atom stereocenters. The lowest BCUT2D eigenvalue weighted by Gasteiger charge is -2.24. The number of nitrogens with zero attached hydrogens (tertiary/aromatic N) is 2. The lowest BCUT2D eigenvalue weighted by Crippen LogP contribution is -2.32. The van der Waals surface area contributed by atoms with Crippen molar-refractivity contribution in [3.8, 4) is 5.75 Å². The summed E-state index contributed by atoms with van der Waals surface area (Å²) in [7, 11) is 0. The van der Waals surface area contributed by atoms with E-state index in [1.165, 1.54) is 0 Å². The highest BCUT2D eigenvalue weighted by Crippen LogP contribution is 2.35. The van der Waals surface area contributed by atoms with Gasteiger partial charge >= 0.3 is 6.09 Å². The van der Waals surface area contributed by atoms with E-state index in [2.05, 4.69) is 15.2 Å². The number of alkyl carbamates (subject to hydrolysis) is 1. The Hall–Kier alpha value is -3.03. The van der Waals surface area contributed by atoms with Crippen molar-refractivity contribution < 1.29 is 19.1 Å². The number of anilines is 1. The Morgan fingerprint density at radius 1 is 1.37 bits per heavy atom. The highest BCUT2D eigenvalue weighted by Gasteiger charge is 2.42. The lowest BCUT2D eigenvalue weighted by molar-refractivity contribution is 0.0978. The zero-order valence-corrected chi connectivity index (χ0v) is 15.5. The lowest BCUT2D eigenvalue weighted by atomic mass is 10.1. The van der Waals surface area contributed by atoms with Crippen LogP contribution in [0.5, 0.6) is 5.75 Å². The number of ether oxygens (including phenoxy) is 2. The van der Waals surface area contributed by atoms with Gasteiger partial charge in [0.15, 0.2) is 0 Å². The number of carbonyl (C=O) groups is 2. The Bertz CT molecular complexity index is 921. The minimum atomic E-state index is -0.540. The van der Waals surface area contributed by atoms with Gasteiger partial charge in [0.05, 0.1) is 18.2 Å². The predicted molar refractivity (Wildman–Crippen MR) is 100 cm³/mol. The third-order valence-electron chi connectivity index (χ3n) is 4.65. The van der Waals surface area contributed by atoms with Gasteiger partial charge in [0.1, 0.15) is 23.3 Å². The molecule has 0 radical (unpaired) electrons. The van der Waals surface area contributed by atoms with Gasteiger partial charge in [-0.3, -0.25) is 4.79 Å². The van der Waals surface area contributed by atoms with Crippen molar-refractivity contribution in [2.75, 3.05) is 18.0 Å². The van der Waals surface area contributed by atoms with Crippen LogP contribution in [-0.4, -0.2) is 47.8 Å². The summed E-state index contributed by atoms with van der Waals surface area (Å²) >= 11 is 0. The van der Waals surface area contributed by atoms with Gasteiger partial charge in [-0.1, -0.05) is 0 Å². The first kappa shape index (κ1) is 17.4. The van der Waals surface area contributed by atoms with Gasteiger partial charge in [-0.2, -0.15) is 0 Å². The minimum Gasteiger partial charge on any atom is -0.487 e. The highest BCUT2D eigenvalue weighted by atomic mass is 16.6. The Labute approximate surface area is 156 Å². The van der Waals surface area contributed by atoms with E-state index < -0.39 is 11.5 Å². The molecular formula is C19H22N4O4. The van der Waals surface area contributed by atoms with E-state index in [0.717, 1.165) is 16.6 Å². The summed E-state index contributed by atoms with van der Waals surface area (Å²) < 4.78 is 11.3. The van der Waals surface area contributed by atoms with Gasteiger partial charge in [0, 0.05) is 18.1 Å². The van der Waals surface area contributed by atoms with Crippen molar-refractivity contribution in [1.29, 1.82) is 0 Å². The maximum atomic E-state index is 11.9. The SMILES string of the molecule is CC(C)(C)Oc1cc2c(N3CC4NC(=O)OC4C3)nccc2cc1C(N)=O. The van der Waals surface area contributed by atoms with Crippen LogP contribution in [0.4, 0.5) is 10.6 Å². The second-order valence-electron chi connectivity index (χ2n) is 7.88. The fourth-order valence-electron chi connectivity index (χ4n) is 3.57. The summed E-state index contributed by atoms with van der Waals surface area (Å²) in [5.74, 6) is 0.650. The molecule has 2 aliphatic heterocycles. The molecule has 8 nitrogen and oxygen atoms in total. The molecule has 1 aromatic heterocycles. The van der Waals surface area contributed by atoms with E-state index in [1.54, 1.807) is 12.3 Å². The van der Waals surface area contributed by atoms with Crippen molar-refractivity contribution in [1.82, 2.24) is 10.3 Å². The smallest absolute Gasteiger partial charge is 0.407 e. The van der Waals surface area contributed by atoms with Gasteiger partial charge < -0.3 is 25.4 Å². The van der Waals surface area contributed by atoms with Crippen molar-refractivity contribution in [3.05, 3.63) is 30.0 Å². The fraction of sp³-hybridized carbons (Fsp3) is 0.421. The third kappa shape index (κ3) is 3.22. The predicted octanol–water partition coefficient (Wildman–Crippen LogP) is 1.81. The summed E-state index contributed by atoms with van der Waals surface area (Å²) in [6.45, 7) is 6.90. The molecule has 0 aliphatic carbocycles. The summed E-state index contributed by atoms with van der Waals surface area (Å²) in [6.07, 6.45) is 1.13. The van der Waals surface area contributed by atoms with E-state index in [4.69, 9.17) is 15.2 Å². The van der Waals surface area contributed by atoms with Crippen LogP contribution in [0.2, 0.25) is 0 Å². The molecule has 0 saturated carbocycles. The van der Waals surface area contributed by atoms with Gasteiger partial charge in [-0.15, -0.1) is 0 Å². The standard InChI is InChI=1S/C19H22N4O4/c1-19(2,3)27-14-7-11-10(6-12(14)16(20)24)4-5-21-17(11)23-8-13-15(9-23)26-18(25)22-13/h4-7,13,15H,8-9H2,1-3H3,(H2,20,24)(H,22,25). The van der Waals surface area contributed by atoms with Gasteiger partial charge in [0.2, 0.25) is 0 Å². The largest absolute Gasteiger partial charge is 0.487 e. The molecule has 142 valence electrons. The van der Waals surface area contributed by atoms with Crippen molar-refractivity contribution in [2.45, 2.75) is 38.5 Å². The van der Waals surface area contributed by atoms with Crippen molar-refractivity contribution in [3.63, 3.8) is 0 Å². The molecule has 8 heteroatoms. The molecule has 2 aliphatic rings. The number of rotatable bonds is 3. The van der Waals surface area contributed by atoms with Gasteiger partial charge in [0.25, 0.3) is 5.91 Å². The zero-order chi connectivity index (χ0) is 19.3. The Morgan fingerprint density at radius 3 is 2.81 bits per heavy atom. The second kappa shape index (κ2) is 6.00. The van der Waals surface area contributed by atoms with Crippen LogP contribution >= 0.6 is 0 Å². The van der Waals surface area contributed by atoms with E-state index in [-0.39, 0.29) is 18.2 Å². The Kier molecular flexibility index (Phi) is 3.87. The van der Waals surface area contributed by atoms with E-state index in [9.17, 15) is 9.59 Å². The maximum absolute atomic E-state index is 11.9. The summed E-state index contributed by atoms with van der Waals surface area (Å²) in [6, 6.07) is 5.33. The van der Waals surface area contributed by atoms with Crippen molar-refractivity contribution >= 4 is 28.6 Å². The number of nitrogens with two attached hydrogens (primary N) is 1. The molecule has 2 amide bonds. The number of nitrogens with one attached hydrogen (secondary N) is 1. The highest BCUT2D eigenvalue weighted by molar-refractivity contribution is 6.03. The monoisotopic (exact) mass is 370 g/mol. The molecule has 2 aromatic rings. The molecule has 1 aromatic carbocycles. The van der Waals surface area contributed by atoms with Crippen molar-refractivity contribution in [2.24, 2.45) is 5.73 Å². The van der Waals surface area contributed by atoms with E-state index in [0.29, 0.717) is 24.4 Å².